The minimum absolute atomic E-state index is 0.0888. The molecule has 0 aliphatic heterocycles. The number of benzene rings is 3. The van der Waals surface area contributed by atoms with E-state index in [0.29, 0.717) is 5.56 Å². The number of nitrogens with one attached hydrogen (secondary N) is 1. The van der Waals surface area contributed by atoms with Gasteiger partial charge in [0.25, 0.3) is 5.91 Å². The Bertz CT molecular complexity index is 841. The van der Waals surface area contributed by atoms with Crippen molar-refractivity contribution >= 4 is 17.3 Å². The van der Waals surface area contributed by atoms with Gasteiger partial charge in [-0.3, -0.25) is 4.79 Å². The molecule has 0 spiro atoms. The number of carbonyl (C=O) groups is 1. The predicted octanol–water partition coefficient (Wildman–Crippen LogP) is 4.88. The van der Waals surface area contributed by atoms with Crippen LogP contribution in [0.2, 0.25) is 0 Å². The Morgan fingerprint density at radius 3 is 2.32 bits per heavy atom. The van der Waals surface area contributed by atoms with Gasteiger partial charge in [0.1, 0.15) is 0 Å². The summed E-state index contributed by atoms with van der Waals surface area (Å²) in [6.07, 6.45) is 0. The largest absolute Gasteiger partial charge is 0.370 e. The Balaban J connectivity index is 1.64. The Morgan fingerprint density at radius 2 is 1.64 bits per heavy atom. The fourth-order valence-corrected chi connectivity index (χ4v) is 2.74. The van der Waals surface area contributed by atoms with Gasteiger partial charge in [-0.05, 0) is 48.9 Å². The highest BCUT2D eigenvalue weighted by molar-refractivity contribution is 6.04. The molecule has 3 heteroatoms. The molecule has 0 unspecified atom stereocenters. The van der Waals surface area contributed by atoms with Crippen molar-refractivity contribution in [3.63, 3.8) is 0 Å². The monoisotopic (exact) mass is 330 g/mol. The molecule has 1 N–H and O–H groups in total. The number of hydrogen-bond donors (Lipinski definition) is 1. The summed E-state index contributed by atoms with van der Waals surface area (Å²) in [6, 6.07) is 25.9. The van der Waals surface area contributed by atoms with Gasteiger partial charge in [-0.2, -0.15) is 0 Å². The van der Waals surface area contributed by atoms with Crippen molar-refractivity contribution in [3.8, 4) is 0 Å². The molecule has 0 saturated heterocycles. The lowest BCUT2D eigenvalue weighted by atomic mass is 10.1. The first-order valence-electron chi connectivity index (χ1n) is 8.35. The van der Waals surface area contributed by atoms with E-state index in [9.17, 15) is 4.79 Å². The third kappa shape index (κ3) is 4.48. The molecule has 126 valence electrons. The Hall–Kier alpha value is -3.07. The molecule has 0 atom stereocenters. The summed E-state index contributed by atoms with van der Waals surface area (Å²) < 4.78 is 0. The van der Waals surface area contributed by atoms with Gasteiger partial charge in [-0.25, -0.2) is 0 Å². The SMILES string of the molecule is Cc1cccc(C(=O)Nc2ccc(N(C)Cc3ccccc3)cc2)c1. The van der Waals surface area contributed by atoms with E-state index in [2.05, 4.69) is 29.4 Å². The van der Waals surface area contributed by atoms with Crippen LogP contribution in [-0.2, 0) is 6.54 Å². The lowest BCUT2D eigenvalue weighted by Gasteiger charge is -2.20. The average Bonchev–Trinajstić information content (AvgIpc) is 2.63. The van der Waals surface area contributed by atoms with E-state index in [1.165, 1.54) is 5.56 Å². The number of amides is 1. The molecule has 0 fully saturated rings. The van der Waals surface area contributed by atoms with Gasteiger partial charge in [0.05, 0.1) is 0 Å². The second kappa shape index (κ2) is 7.67. The smallest absolute Gasteiger partial charge is 0.255 e. The molecule has 0 aliphatic carbocycles. The maximum Gasteiger partial charge on any atom is 0.255 e. The quantitative estimate of drug-likeness (QED) is 0.723. The number of nitrogens with zero attached hydrogens (tertiary/aromatic N) is 1. The molecule has 3 nitrogen and oxygen atoms in total. The van der Waals surface area contributed by atoms with Crippen LogP contribution < -0.4 is 10.2 Å². The Labute approximate surface area is 148 Å². The molecule has 0 aliphatic rings. The zero-order valence-corrected chi connectivity index (χ0v) is 14.6. The number of anilines is 2. The molecule has 3 aromatic carbocycles. The zero-order valence-electron chi connectivity index (χ0n) is 14.6. The summed E-state index contributed by atoms with van der Waals surface area (Å²) in [5.74, 6) is -0.0888. The second-order valence-corrected chi connectivity index (χ2v) is 6.21. The van der Waals surface area contributed by atoms with E-state index in [1.807, 2.05) is 73.7 Å². The summed E-state index contributed by atoms with van der Waals surface area (Å²) in [5.41, 5.74) is 4.92. The number of aryl methyl sites for hydroxylation is 1. The van der Waals surface area contributed by atoms with Gasteiger partial charge in [0.2, 0.25) is 0 Å². The first-order chi connectivity index (χ1) is 12.1. The van der Waals surface area contributed by atoms with Crippen LogP contribution in [0.4, 0.5) is 11.4 Å². The highest BCUT2D eigenvalue weighted by atomic mass is 16.1. The molecule has 0 bridgehead atoms. The zero-order chi connectivity index (χ0) is 17.6. The lowest BCUT2D eigenvalue weighted by molar-refractivity contribution is 0.102. The summed E-state index contributed by atoms with van der Waals surface area (Å²) in [6.45, 7) is 2.82. The van der Waals surface area contributed by atoms with Crippen LogP contribution in [0.15, 0.2) is 78.9 Å². The van der Waals surface area contributed by atoms with Crippen LogP contribution in [-0.4, -0.2) is 13.0 Å². The van der Waals surface area contributed by atoms with E-state index in [-0.39, 0.29) is 5.91 Å². The van der Waals surface area contributed by atoms with Crippen LogP contribution in [0.25, 0.3) is 0 Å². The topological polar surface area (TPSA) is 32.3 Å². The molecule has 0 radical (unpaired) electrons. The number of hydrogen-bond acceptors (Lipinski definition) is 2. The van der Waals surface area contributed by atoms with Crippen molar-refractivity contribution < 1.29 is 4.79 Å². The fourth-order valence-electron chi connectivity index (χ4n) is 2.74. The van der Waals surface area contributed by atoms with Crippen molar-refractivity contribution in [2.75, 3.05) is 17.3 Å². The van der Waals surface area contributed by atoms with Crippen molar-refractivity contribution in [1.82, 2.24) is 0 Å². The maximum atomic E-state index is 12.3. The Kier molecular flexibility index (Phi) is 5.14. The maximum absolute atomic E-state index is 12.3. The van der Waals surface area contributed by atoms with Crippen molar-refractivity contribution in [2.45, 2.75) is 13.5 Å². The van der Waals surface area contributed by atoms with Gasteiger partial charge in [-0.15, -0.1) is 0 Å². The summed E-state index contributed by atoms with van der Waals surface area (Å²) in [5, 5.41) is 2.94. The van der Waals surface area contributed by atoms with Crippen molar-refractivity contribution in [1.29, 1.82) is 0 Å². The number of rotatable bonds is 5. The minimum Gasteiger partial charge on any atom is -0.370 e. The van der Waals surface area contributed by atoms with Crippen LogP contribution in [0.1, 0.15) is 21.5 Å². The van der Waals surface area contributed by atoms with Crippen LogP contribution in [0, 0.1) is 6.92 Å². The molecule has 0 heterocycles. The molecule has 3 rings (SSSR count). The third-order valence-corrected chi connectivity index (χ3v) is 4.11. The van der Waals surface area contributed by atoms with Gasteiger partial charge in [-0.1, -0.05) is 48.0 Å². The van der Waals surface area contributed by atoms with Crippen molar-refractivity contribution in [3.05, 3.63) is 95.6 Å². The first kappa shape index (κ1) is 16.8. The third-order valence-electron chi connectivity index (χ3n) is 4.11. The fraction of sp³-hybridized carbons (Fsp3) is 0.136. The minimum atomic E-state index is -0.0888. The van der Waals surface area contributed by atoms with Gasteiger partial charge in [0, 0.05) is 30.5 Å². The van der Waals surface area contributed by atoms with Crippen LogP contribution >= 0.6 is 0 Å². The molecule has 0 saturated carbocycles. The Morgan fingerprint density at radius 1 is 0.920 bits per heavy atom. The van der Waals surface area contributed by atoms with E-state index in [4.69, 9.17) is 0 Å². The van der Waals surface area contributed by atoms with Crippen LogP contribution in [0.3, 0.4) is 0 Å². The summed E-state index contributed by atoms with van der Waals surface area (Å²) in [4.78, 5) is 14.5. The lowest BCUT2D eigenvalue weighted by Crippen LogP contribution is -2.16. The van der Waals surface area contributed by atoms with E-state index in [0.717, 1.165) is 23.5 Å². The predicted molar refractivity (Wildman–Crippen MR) is 104 cm³/mol. The standard InChI is InChI=1S/C22H22N2O/c1-17-7-6-10-19(15-17)22(25)23-20-11-13-21(14-12-20)24(2)16-18-8-4-3-5-9-18/h3-15H,16H2,1-2H3,(H,23,25). The van der Waals surface area contributed by atoms with E-state index >= 15 is 0 Å². The van der Waals surface area contributed by atoms with Gasteiger partial charge < -0.3 is 10.2 Å². The summed E-state index contributed by atoms with van der Waals surface area (Å²) in [7, 11) is 2.06. The highest BCUT2D eigenvalue weighted by Crippen LogP contribution is 2.19. The van der Waals surface area contributed by atoms with Crippen LogP contribution in [0.5, 0.6) is 0 Å². The first-order valence-corrected chi connectivity index (χ1v) is 8.35. The number of carbonyl (C=O) groups excluding carboxylic acids is 1. The molecule has 3 aromatic rings. The van der Waals surface area contributed by atoms with E-state index < -0.39 is 0 Å². The normalized spacial score (nSPS) is 10.3. The molecular formula is C22H22N2O. The molecular weight excluding hydrogens is 308 g/mol. The van der Waals surface area contributed by atoms with Gasteiger partial charge in [0.15, 0.2) is 0 Å². The second-order valence-electron chi connectivity index (χ2n) is 6.21. The van der Waals surface area contributed by atoms with Gasteiger partial charge >= 0.3 is 0 Å². The van der Waals surface area contributed by atoms with Crippen molar-refractivity contribution in [2.24, 2.45) is 0 Å². The molecule has 25 heavy (non-hydrogen) atoms. The van der Waals surface area contributed by atoms with E-state index in [1.54, 1.807) is 0 Å². The molecule has 0 aromatic heterocycles. The average molecular weight is 330 g/mol. The summed E-state index contributed by atoms with van der Waals surface area (Å²) >= 11 is 0. The molecule has 1 amide bonds. The highest BCUT2D eigenvalue weighted by Gasteiger charge is 2.07.